The van der Waals surface area contributed by atoms with Gasteiger partial charge in [0.2, 0.25) is 0 Å². The maximum absolute atomic E-state index is 10.7. The van der Waals surface area contributed by atoms with Crippen molar-refractivity contribution in [2.45, 2.75) is 32.5 Å². The molecule has 0 saturated carbocycles. The van der Waals surface area contributed by atoms with Gasteiger partial charge in [0.25, 0.3) is 0 Å². The summed E-state index contributed by atoms with van der Waals surface area (Å²) in [5.41, 5.74) is 1.09. The zero-order valence-electron chi connectivity index (χ0n) is 17.6. The van der Waals surface area contributed by atoms with Crippen LogP contribution in [0.15, 0.2) is 36.5 Å². The van der Waals surface area contributed by atoms with Crippen LogP contribution in [0.1, 0.15) is 20.3 Å². The fourth-order valence-electron chi connectivity index (χ4n) is 4.57. The summed E-state index contributed by atoms with van der Waals surface area (Å²) in [5, 5.41) is 11.8. The van der Waals surface area contributed by atoms with Crippen LogP contribution < -0.4 is 4.74 Å². The molecule has 3 heterocycles. The number of rotatable bonds is 6. The highest BCUT2D eigenvalue weighted by molar-refractivity contribution is 5.79. The van der Waals surface area contributed by atoms with Crippen molar-refractivity contribution in [2.24, 2.45) is 5.41 Å². The van der Waals surface area contributed by atoms with Crippen LogP contribution in [0.5, 0.6) is 5.75 Å². The maximum atomic E-state index is 10.7. The number of aliphatic hydroxyl groups is 1. The van der Waals surface area contributed by atoms with Crippen molar-refractivity contribution >= 4 is 10.9 Å². The molecule has 1 aromatic heterocycles. The van der Waals surface area contributed by atoms with E-state index in [1.54, 1.807) is 6.20 Å². The number of likely N-dealkylation sites (tertiary alicyclic amines) is 1. The van der Waals surface area contributed by atoms with Crippen LogP contribution in [-0.4, -0.2) is 84.6 Å². The fraction of sp³-hybridized carbons (Fsp3) is 0.609. The predicted molar refractivity (Wildman–Crippen MR) is 114 cm³/mol. The summed E-state index contributed by atoms with van der Waals surface area (Å²) in [7, 11) is 0. The zero-order chi connectivity index (χ0) is 20.3. The molecule has 0 unspecified atom stereocenters. The van der Waals surface area contributed by atoms with Crippen molar-refractivity contribution in [2.75, 3.05) is 52.5 Å². The highest BCUT2D eigenvalue weighted by Crippen LogP contribution is 2.26. The number of hydrogen-bond acceptors (Lipinski definition) is 6. The monoisotopic (exact) mass is 399 g/mol. The number of hydrogen-bond donors (Lipinski definition) is 1. The molecule has 4 rings (SSSR count). The summed E-state index contributed by atoms with van der Waals surface area (Å²) >= 11 is 0. The Morgan fingerprint density at radius 3 is 2.72 bits per heavy atom. The van der Waals surface area contributed by atoms with Gasteiger partial charge in [0, 0.05) is 56.9 Å². The lowest BCUT2D eigenvalue weighted by Gasteiger charge is -2.41. The predicted octanol–water partition coefficient (Wildman–Crippen LogP) is 2.41. The van der Waals surface area contributed by atoms with E-state index in [2.05, 4.69) is 28.6 Å². The lowest BCUT2D eigenvalue weighted by Crippen LogP contribution is -2.53. The van der Waals surface area contributed by atoms with Gasteiger partial charge in [-0.25, -0.2) is 0 Å². The molecule has 0 bridgehead atoms. The van der Waals surface area contributed by atoms with Gasteiger partial charge < -0.3 is 14.6 Å². The van der Waals surface area contributed by atoms with Crippen molar-refractivity contribution in [3.8, 4) is 5.75 Å². The molecule has 0 radical (unpaired) electrons. The Balaban J connectivity index is 1.30. The number of morpholine rings is 1. The smallest absolute Gasteiger partial charge is 0.127 e. The summed E-state index contributed by atoms with van der Waals surface area (Å²) < 4.78 is 11.6. The highest BCUT2D eigenvalue weighted by Gasteiger charge is 2.33. The molecule has 1 aromatic carbocycles. The maximum Gasteiger partial charge on any atom is 0.127 e. The van der Waals surface area contributed by atoms with Crippen molar-refractivity contribution in [1.82, 2.24) is 14.8 Å². The quantitative estimate of drug-likeness (QED) is 0.805. The van der Waals surface area contributed by atoms with Gasteiger partial charge in [0.15, 0.2) is 0 Å². The van der Waals surface area contributed by atoms with Gasteiger partial charge >= 0.3 is 0 Å². The third-order valence-corrected chi connectivity index (χ3v) is 5.88. The molecule has 1 N–H and O–H groups in total. The van der Waals surface area contributed by atoms with Gasteiger partial charge in [-0.2, -0.15) is 0 Å². The third kappa shape index (κ3) is 5.45. The van der Waals surface area contributed by atoms with E-state index in [-0.39, 0.29) is 11.5 Å². The Bertz CT molecular complexity index is 807. The number of aliphatic hydroxyl groups excluding tert-OH is 1. The number of β-amino-alcohol motifs (C(OH)–C–C–N with tert-alkyl or cyclic N) is 1. The highest BCUT2D eigenvalue weighted by atomic mass is 16.5. The van der Waals surface area contributed by atoms with E-state index in [1.165, 1.54) is 0 Å². The van der Waals surface area contributed by atoms with Crippen LogP contribution in [0.3, 0.4) is 0 Å². The van der Waals surface area contributed by atoms with Crippen molar-refractivity contribution in [3.63, 3.8) is 0 Å². The Hall–Kier alpha value is -1.73. The molecule has 2 atom stereocenters. The van der Waals surface area contributed by atoms with Crippen LogP contribution in [-0.2, 0) is 4.74 Å². The standard InChI is InChI=1S/C23H33N3O3/c1-23(2,16-25-10-12-28-13-11-25)17-26-9-7-22(21(27)15-26)29-19-6-5-18-4-3-8-24-20(18)14-19/h3-6,8,14,21-22,27H,7,9-13,15-17H2,1-2H3/t21-,22-/m1/s1. The van der Waals surface area contributed by atoms with Crippen LogP contribution in [0.25, 0.3) is 10.9 Å². The Kier molecular flexibility index (Phi) is 6.35. The number of ether oxygens (including phenoxy) is 2. The van der Waals surface area contributed by atoms with E-state index in [9.17, 15) is 5.11 Å². The van der Waals surface area contributed by atoms with Crippen LogP contribution in [0.2, 0.25) is 0 Å². The molecule has 2 aliphatic heterocycles. The van der Waals surface area contributed by atoms with Gasteiger partial charge in [0.05, 0.1) is 18.7 Å². The molecule has 0 aliphatic carbocycles. The summed E-state index contributed by atoms with van der Waals surface area (Å²) in [5.74, 6) is 0.779. The summed E-state index contributed by atoms with van der Waals surface area (Å²) in [6.45, 7) is 12.0. The first kappa shape index (κ1) is 20.5. The molecule has 0 spiro atoms. The van der Waals surface area contributed by atoms with Crippen LogP contribution in [0, 0.1) is 5.41 Å². The van der Waals surface area contributed by atoms with E-state index in [1.807, 2.05) is 30.3 Å². The Labute approximate surface area is 173 Å². The number of piperidine rings is 1. The Morgan fingerprint density at radius 2 is 1.93 bits per heavy atom. The molecule has 158 valence electrons. The SMILES string of the molecule is CC(C)(CN1CCOCC1)CN1CC[C@@H](Oc2ccc3cccnc3c2)[C@H](O)C1. The number of benzene rings is 1. The van der Waals surface area contributed by atoms with Gasteiger partial charge in [-0.1, -0.05) is 19.9 Å². The lowest BCUT2D eigenvalue weighted by atomic mass is 9.90. The minimum atomic E-state index is -0.484. The second kappa shape index (κ2) is 8.96. The third-order valence-electron chi connectivity index (χ3n) is 5.88. The zero-order valence-corrected chi connectivity index (χ0v) is 17.6. The van der Waals surface area contributed by atoms with Gasteiger partial charge in [-0.05, 0) is 30.0 Å². The molecular formula is C23H33N3O3. The Morgan fingerprint density at radius 1 is 1.14 bits per heavy atom. The van der Waals surface area contributed by atoms with Gasteiger partial charge in [-0.3, -0.25) is 14.8 Å². The number of aromatic nitrogens is 1. The van der Waals surface area contributed by atoms with E-state index >= 15 is 0 Å². The van der Waals surface area contributed by atoms with E-state index in [0.29, 0.717) is 6.54 Å². The molecule has 6 nitrogen and oxygen atoms in total. The molecular weight excluding hydrogens is 366 g/mol. The first-order valence-corrected chi connectivity index (χ1v) is 10.7. The molecule has 2 fully saturated rings. The molecule has 2 saturated heterocycles. The minimum absolute atomic E-state index is 0.172. The van der Waals surface area contributed by atoms with E-state index in [0.717, 1.165) is 69.0 Å². The summed E-state index contributed by atoms with van der Waals surface area (Å²) in [6.07, 6.45) is 1.96. The topological polar surface area (TPSA) is 58.1 Å². The minimum Gasteiger partial charge on any atom is -0.488 e. The number of nitrogens with zero attached hydrogens (tertiary/aromatic N) is 3. The normalized spacial score (nSPS) is 24.7. The molecule has 6 heteroatoms. The molecule has 2 aliphatic rings. The second-order valence-electron chi connectivity index (χ2n) is 9.16. The fourth-order valence-corrected chi connectivity index (χ4v) is 4.57. The summed E-state index contributed by atoms with van der Waals surface area (Å²) in [4.78, 5) is 9.26. The first-order valence-electron chi connectivity index (χ1n) is 10.7. The number of pyridine rings is 1. The molecule has 29 heavy (non-hydrogen) atoms. The largest absolute Gasteiger partial charge is 0.488 e. The number of fused-ring (bicyclic) bond motifs is 1. The second-order valence-corrected chi connectivity index (χ2v) is 9.16. The van der Waals surface area contributed by atoms with Gasteiger partial charge in [-0.15, -0.1) is 0 Å². The van der Waals surface area contributed by atoms with Crippen molar-refractivity contribution < 1.29 is 14.6 Å². The molecule has 2 aromatic rings. The summed E-state index contributed by atoms with van der Waals surface area (Å²) in [6, 6.07) is 9.92. The first-order chi connectivity index (χ1) is 14.0. The average Bonchev–Trinajstić information content (AvgIpc) is 2.70. The van der Waals surface area contributed by atoms with Gasteiger partial charge in [0.1, 0.15) is 18.0 Å². The van der Waals surface area contributed by atoms with Crippen molar-refractivity contribution in [1.29, 1.82) is 0 Å². The van der Waals surface area contributed by atoms with E-state index in [4.69, 9.17) is 9.47 Å². The van der Waals surface area contributed by atoms with E-state index < -0.39 is 6.10 Å². The average molecular weight is 400 g/mol. The van der Waals surface area contributed by atoms with Crippen LogP contribution >= 0.6 is 0 Å². The van der Waals surface area contributed by atoms with Crippen LogP contribution in [0.4, 0.5) is 0 Å². The molecule has 0 amide bonds. The van der Waals surface area contributed by atoms with Crippen molar-refractivity contribution in [3.05, 3.63) is 36.5 Å². The lowest BCUT2D eigenvalue weighted by molar-refractivity contribution is -0.0391.